The molecule has 0 fully saturated rings. The molecule has 0 unspecified atom stereocenters. The Bertz CT molecular complexity index is 733. The van der Waals surface area contributed by atoms with Crippen LogP contribution in [0.5, 0.6) is 11.5 Å². The summed E-state index contributed by atoms with van der Waals surface area (Å²) in [6.07, 6.45) is 1.56. The standard InChI is InChI=1S/C18H20IN3O3/c1-3-25-17-10-13(4-9-16(17)24-2)11-21-22-18(23)12-20-15-7-5-14(19)6-8-15/h4-11,20H,3,12H2,1-2H3,(H,22,23)/b21-11-. The molecule has 0 aliphatic carbocycles. The molecule has 2 N–H and O–H groups in total. The van der Waals surface area contributed by atoms with Crippen molar-refractivity contribution in [2.24, 2.45) is 5.10 Å². The summed E-state index contributed by atoms with van der Waals surface area (Å²) < 4.78 is 11.9. The Morgan fingerprint density at radius 1 is 1.20 bits per heavy atom. The lowest BCUT2D eigenvalue weighted by Gasteiger charge is -2.09. The average Bonchev–Trinajstić information content (AvgIpc) is 2.62. The van der Waals surface area contributed by atoms with E-state index in [-0.39, 0.29) is 12.5 Å². The van der Waals surface area contributed by atoms with Gasteiger partial charge in [-0.2, -0.15) is 5.10 Å². The van der Waals surface area contributed by atoms with Gasteiger partial charge in [-0.05, 0) is 77.5 Å². The van der Waals surface area contributed by atoms with Gasteiger partial charge < -0.3 is 14.8 Å². The zero-order valence-corrected chi connectivity index (χ0v) is 16.2. The number of ether oxygens (including phenoxy) is 2. The summed E-state index contributed by atoms with van der Waals surface area (Å²) in [7, 11) is 1.59. The summed E-state index contributed by atoms with van der Waals surface area (Å²) >= 11 is 2.23. The van der Waals surface area contributed by atoms with Crippen LogP contribution in [-0.2, 0) is 4.79 Å². The largest absolute Gasteiger partial charge is 0.493 e. The third kappa shape index (κ3) is 6.26. The van der Waals surface area contributed by atoms with Crippen LogP contribution in [0.2, 0.25) is 0 Å². The molecule has 0 saturated heterocycles. The minimum atomic E-state index is -0.228. The van der Waals surface area contributed by atoms with Gasteiger partial charge in [-0.25, -0.2) is 5.43 Å². The fourth-order valence-electron chi connectivity index (χ4n) is 2.01. The number of hydrazone groups is 1. The molecule has 2 rings (SSSR count). The molecule has 0 aliphatic rings. The first-order valence-electron chi connectivity index (χ1n) is 7.74. The third-order valence-corrected chi connectivity index (χ3v) is 3.91. The Labute approximate surface area is 160 Å². The highest BCUT2D eigenvalue weighted by atomic mass is 127. The fourth-order valence-corrected chi connectivity index (χ4v) is 2.37. The number of methoxy groups -OCH3 is 1. The van der Waals surface area contributed by atoms with Crippen molar-refractivity contribution in [1.82, 2.24) is 5.43 Å². The predicted molar refractivity (Wildman–Crippen MR) is 108 cm³/mol. The van der Waals surface area contributed by atoms with Crippen LogP contribution in [0.4, 0.5) is 5.69 Å². The van der Waals surface area contributed by atoms with Crippen molar-refractivity contribution >= 4 is 40.4 Å². The van der Waals surface area contributed by atoms with Gasteiger partial charge in [-0.1, -0.05) is 0 Å². The lowest BCUT2D eigenvalue weighted by molar-refractivity contribution is -0.119. The van der Waals surface area contributed by atoms with E-state index in [4.69, 9.17) is 9.47 Å². The van der Waals surface area contributed by atoms with Gasteiger partial charge in [-0.15, -0.1) is 0 Å². The minimum absolute atomic E-state index is 0.144. The van der Waals surface area contributed by atoms with Crippen LogP contribution in [0.1, 0.15) is 12.5 Å². The topological polar surface area (TPSA) is 72.0 Å². The third-order valence-electron chi connectivity index (χ3n) is 3.19. The maximum atomic E-state index is 11.8. The molecule has 0 aliphatic heterocycles. The van der Waals surface area contributed by atoms with Crippen molar-refractivity contribution in [3.63, 3.8) is 0 Å². The van der Waals surface area contributed by atoms with Crippen molar-refractivity contribution in [1.29, 1.82) is 0 Å². The Morgan fingerprint density at radius 3 is 2.64 bits per heavy atom. The van der Waals surface area contributed by atoms with E-state index in [1.54, 1.807) is 19.4 Å². The van der Waals surface area contributed by atoms with Crippen LogP contribution in [0.3, 0.4) is 0 Å². The predicted octanol–water partition coefficient (Wildman–Crippen LogP) is 3.26. The summed E-state index contributed by atoms with van der Waals surface area (Å²) in [6.45, 7) is 2.59. The van der Waals surface area contributed by atoms with E-state index in [1.807, 2.05) is 43.3 Å². The van der Waals surface area contributed by atoms with Gasteiger partial charge in [0.1, 0.15) is 0 Å². The van der Waals surface area contributed by atoms with Gasteiger partial charge in [0.05, 0.1) is 26.5 Å². The molecule has 0 atom stereocenters. The fraction of sp³-hybridized carbons (Fsp3) is 0.222. The molecule has 0 saturated carbocycles. The Balaban J connectivity index is 1.86. The van der Waals surface area contributed by atoms with E-state index in [0.717, 1.165) is 14.8 Å². The maximum Gasteiger partial charge on any atom is 0.259 e. The average molecular weight is 453 g/mol. The Kier molecular flexibility index (Phi) is 7.52. The zero-order chi connectivity index (χ0) is 18.1. The lowest BCUT2D eigenvalue weighted by atomic mass is 10.2. The van der Waals surface area contributed by atoms with Gasteiger partial charge in [-0.3, -0.25) is 4.79 Å². The smallest absolute Gasteiger partial charge is 0.259 e. The van der Waals surface area contributed by atoms with E-state index >= 15 is 0 Å². The number of amides is 1. The van der Waals surface area contributed by atoms with Crippen LogP contribution < -0.4 is 20.2 Å². The van der Waals surface area contributed by atoms with Crippen LogP contribution in [0.25, 0.3) is 0 Å². The van der Waals surface area contributed by atoms with E-state index < -0.39 is 0 Å². The molecule has 0 bridgehead atoms. The highest BCUT2D eigenvalue weighted by Crippen LogP contribution is 2.27. The molecule has 0 spiro atoms. The van der Waals surface area contributed by atoms with E-state index in [0.29, 0.717) is 18.1 Å². The number of nitrogens with one attached hydrogen (secondary N) is 2. The molecule has 132 valence electrons. The number of nitrogens with zero attached hydrogens (tertiary/aromatic N) is 1. The first-order valence-corrected chi connectivity index (χ1v) is 8.82. The summed E-state index contributed by atoms with van der Waals surface area (Å²) in [6, 6.07) is 13.2. The quantitative estimate of drug-likeness (QED) is 0.366. The van der Waals surface area contributed by atoms with Gasteiger partial charge in [0.15, 0.2) is 11.5 Å². The van der Waals surface area contributed by atoms with Gasteiger partial charge in [0.25, 0.3) is 5.91 Å². The van der Waals surface area contributed by atoms with Crippen LogP contribution in [-0.4, -0.2) is 32.4 Å². The number of carbonyl (C=O) groups is 1. The van der Waals surface area contributed by atoms with Crippen LogP contribution in [0, 0.1) is 3.57 Å². The highest BCUT2D eigenvalue weighted by Gasteiger charge is 2.04. The van der Waals surface area contributed by atoms with Crippen LogP contribution >= 0.6 is 22.6 Å². The van der Waals surface area contributed by atoms with E-state index in [2.05, 4.69) is 38.4 Å². The summed E-state index contributed by atoms with van der Waals surface area (Å²) in [5, 5.41) is 7.00. The molecule has 2 aromatic rings. The molecular weight excluding hydrogens is 433 g/mol. The van der Waals surface area contributed by atoms with E-state index in [1.165, 1.54) is 0 Å². The van der Waals surface area contributed by atoms with Crippen molar-refractivity contribution in [3.8, 4) is 11.5 Å². The lowest BCUT2D eigenvalue weighted by Crippen LogP contribution is -2.25. The number of anilines is 1. The number of rotatable bonds is 8. The minimum Gasteiger partial charge on any atom is -0.493 e. The SMILES string of the molecule is CCOc1cc(/C=N\NC(=O)CNc2ccc(I)cc2)ccc1OC. The summed E-state index contributed by atoms with van der Waals surface area (Å²) in [5.74, 6) is 1.07. The van der Waals surface area contributed by atoms with Crippen LogP contribution in [0.15, 0.2) is 47.6 Å². The Morgan fingerprint density at radius 2 is 1.96 bits per heavy atom. The maximum absolute atomic E-state index is 11.8. The molecule has 0 aromatic heterocycles. The molecule has 7 heteroatoms. The molecule has 25 heavy (non-hydrogen) atoms. The normalized spacial score (nSPS) is 10.5. The number of hydrogen-bond acceptors (Lipinski definition) is 5. The molecule has 0 radical (unpaired) electrons. The van der Waals surface area contributed by atoms with Gasteiger partial charge in [0, 0.05) is 9.26 Å². The highest BCUT2D eigenvalue weighted by molar-refractivity contribution is 14.1. The van der Waals surface area contributed by atoms with Crippen molar-refractivity contribution in [2.45, 2.75) is 6.92 Å². The first kappa shape index (κ1) is 19.0. The number of hydrogen-bond donors (Lipinski definition) is 2. The molecule has 0 heterocycles. The second kappa shape index (κ2) is 9.87. The van der Waals surface area contributed by atoms with Gasteiger partial charge >= 0.3 is 0 Å². The molecule has 2 aromatic carbocycles. The number of halogens is 1. The van der Waals surface area contributed by atoms with Crippen molar-refractivity contribution in [3.05, 3.63) is 51.6 Å². The summed E-state index contributed by atoms with van der Waals surface area (Å²) in [5.41, 5.74) is 4.17. The summed E-state index contributed by atoms with van der Waals surface area (Å²) in [4.78, 5) is 11.8. The van der Waals surface area contributed by atoms with Crippen molar-refractivity contribution < 1.29 is 14.3 Å². The number of carbonyl (C=O) groups excluding carboxylic acids is 1. The zero-order valence-electron chi connectivity index (χ0n) is 14.1. The Hall–Kier alpha value is -2.29. The van der Waals surface area contributed by atoms with Crippen molar-refractivity contribution in [2.75, 3.05) is 25.6 Å². The molecular formula is C18H20IN3O3. The second-order valence-corrected chi connectivity index (χ2v) is 6.24. The number of benzene rings is 2. The monoisotopic (exact) mass is 453 g/mol. The first-order chi connectivity index (χ1) is 12.1. The second-order valence-electron chi connectivity index (χ2n) is 5.00. The molecule has 1 amide bonds. The molecule has 6 nitrogen and oxygen atoms in total. The van der Waals surface area contributed by atoms with Gasteiger partial charge in [0.2, 0.25) is 0 Å². The van der Waals surface area contributed by atoms with E-state index in [9.17, 15) is 4.79 Å².